The minimum absolute atomic E-state index is 0.605. The highest BCUT2D eigenvalue weighted by Crippen LogP contribution is 2.35. The van der Waals surface area contributed by atoms with Gasteiger partial charge in [0.2, 0.25) is 0 Å². The molecule has 0 heterocycles. The largest absolute Gasteiger partial charge is 0.493 e. The molecular weight excluding hydrogens is 226 g/mol. The van der Waals surface area contributed by atoms with Crippen LogP contribution in [0.15, 0.2) is 18.2 Å². The first-order valence-electron chi connectivity index (χ1n) is 6.72. The molecule has 0 aromatic heterocycles. The Balaban J connectivity index is 2.07. The zero-order valence-corrected chi connectivity index (χ0v) is 11.5. The second-order valence-corrected chi connectivity index (χ2v) is 4.90. The standard InChI is InChI=1S/C15H23NO2/c1-4-16-13(12-6-7-12)9-11-5-8-14(17-2)15(10-11)18-3/h5,8,10,12-13,16H,4,6-7,9H2,1-3H3. The van der Waals surface area contributed by atoms with Crippen LogP contribution in [-0.2, 0) is 6.42 Å². The van der Waals surface area contributed by atoms with Gasteiger partial charge in [0.15, 0.2) is 11.5 Å². The zero-order valence-electron chi connectivity index (χ0n) is 11.5. The fourth-order valence-corrected chi connectivity index (χ4v) is 2.43. The lowest BCUT2D eigenvalue weighted by atomic mass is 10.0. The van der Waals surface area contributed by atoms with Gasteiger partial charge < -0.3 is 14.8 Å². The molecule has 1 aliphatic carbocycles. The molecule has 0 aliphatic heterocycles. The molecule has 1 saturated carbocycles. The molecule has 1 aliphatic rings. The molecule has 2 rings (SSSR count). The maximum Gasteiger partial charge on any atom is 0.160 e. The highest BCUT2D eigenvalue weighted by molar-refractivity contribution is 5.43. The van der Waals surface area contributed by atoms with E-state index in [2.05, 4.69) is 24.4 Å². The third-order valence-electron chi connectivity index (χ3n) is 3.56. The van der Waals surface area contributed by atoms with Crippen molar-refractivity contribution in [3.63, 3.8) is 0 Å². The van der Waals surface area contributed by atoms with Crippen LogP contribution in [0.1, 0.15) is 25.3 Å². The maximum atomic E-state index is 5.35. The van der Waals surface area contributed by atoms with Gasteiger partial charge in [-0.15, -0.1) is 0 Å². The molecular formula is C15H23NO2. The summed E-state index contributed by atoms with van der Waals surface area (Å²) >= 11 is 0. The topological polar surface area (TPSA) is 30.5 Å². The van der Waals surface area contributed by atoms with E-state index in [1.54, 1.807) is 14.2 Å². The van der Waals surface area contributed by atoms with Crippen molar-refractivity contribution in [2.75, 3.05) is 20.8 Å². The van der Waals surface area contributed by atoms with Crippen LogP contribution < -0.4 is 14.8 Å². The summed E-state index contributed by atoms with van der Waals surface area (Å²) in [4.78, 5) is 0. The van der Waals surface area contributed by atoms with Gasteiger partial charge in [-0.2, -0.15) is 0 Å². The van der Waals surface area contributed by atoms with Gasteiger partial charge in [0.1, 0.15) is 0 Å². The van der Waals surface area contributed by atoms with Gasteiger partial charge in [0, 0.05) is 6.04 Å². The Bertz CT molecular complexity index is 388. The SMILES string of the molecule is CCNC(Cc1ccc(OC)c(OC)c1)C1CC1. The number of likely N-dealkylation sites (N-methyl/N-ethyl adjacent to an activating group) is 1. The van der Waals surface area contributed by atoms with Crippen molar-refractivity contribution >= 4 is 0 Å². The fraction of sp³-hybridized carbons (Fsp3) is 0.600. The molecule has 0 amide bonds. The Hall–Kier alpha value is -1.22. The molecule has 0 radical (unpaired) electrons. The van der Waals surface area contributed by atoms with E-state index >= 15 is 0 Å². The van der Waals surface area contributed by atoms with Gasteiger partial charge in [-0.25, -0.2) is 0 Å². The number of hydrogen-bond acceptors (Lipinski definition) is 3. The van der Waals surface area contributed by atoms with Crippen molar-refractivity contribution in [3.05, 3.63) is 23.8 Å². The minimum Gasteiger partial charge on any atom is -0.493 e. The molecule has 0 spiro atoms. The molecule has 1 N–H and O–H groups in total. The maximum absolute atomic E-state index is 5.35. The van der Waals surface area contributed by atoms with Gasteiger partial charge in [0.25, 0.3) is 0 Å². The molecule has 1 unspecified atom stereocenters. The number of ether oxygens (including phenoxy) is 2. The smallest absolute Gasteiger partial charge is 0.160 e. The summed E-state index contributed by atoms with van der Waals surface area (Å²) in [6, 6.07) is 6.82. The third kappa shape index (κ3) is 3.16. The number of methoxy groups -OCH3 is 2. The summed E-state index contributed by atoms with van der Waals surface area (Å²) in [5.41, 5.74) is 1.31. The normalized spacial score (nSPS) is 16.4. The van der Waals surface area contributed by atoms with Crippen molar-refractivity contribution < 1.29 is 9.47 Å². The van der Waals surface area contributed by atoms with Crippen LogP contribution in [0.2, 0.25) is 0 Å². The Kier molecular flexibility index (Phi) is 4.48. The highest BCUT2D eigenvalue weighted by Gasteiger charge is 2.30. The van der Waals surface area contributed by atoms with Gasteiger partial charge in [0.05, 0.1) is 14.2 Å². The van der Waals surface area contributed by atoms with Crippen molar-refractivity contribution in [2.24, 2.45) is 5.92 Å². The van der Waals surface area contributed by atoms with Gasteiger partial charge >= 0.3 is 0 Å². The van der Waals surface area contributed by atoms with Crippen molar-refractivity contribution in [3.8, 4) is 11.5 Å². The molecule has 1 fully saturated rings. The van der Waals surface area contributed by atoms with E-state index in [-0.39, 0.29) is 0 Å². The lowest BCUT2D eigenvalue weighted by molar-refractivity contribution is 0.354. The highest BCUT2D eigenvalue weighted by atomic mass is 16.5. The van der Waals surface area contributed by atoms with Crippen molar-refractivity contribution in [1.82, 2.24) is 5.32 Å². The van der Waals surface area contributed by atoms with Gasteiger partial charge in [-0.05, 0) is 49.4 Å². The second kappa shape index (κ2) is 6.10. The van der Waals surface area contributed by atoms with E-state index in [0.717, 1.165) is 30.4 Å². The molecule has 0 saturated heterocycles. The molecule has 1 aromatic carbocycles. The molecule has 3 nitrogen and oxygen atoms in total. The van der Waals surface area contributed by atoms with E-state index in [0.29, 0.717) is 6.04 Å². The van der Waals surface area contributed by atoms with Crippen molar-refractivity contribution in [2.45, 2.75) is 32.2 Å². The van der Waals surface area contributed by atoms with E-state index in [4.69, 9.17) is 9.47 Å². The van der Waals surface area contributed by atoms with Crippen LogP contribution >= 0.6 is 0 Å². The lowest BCUT2D eigenvalue weighted by Crippen LogP contribution is -2.32. The average Bonchev–Trinajstić information content (AvgIpc) is 3.22. The summed E-state index contributed by atoms with van der Waals surface area (Å²) < 4.78 is 10.6. The minimum atomic E-state index is 0.605. The Morgan fingerprint density at radius 2 is 1.94 bits per heavy atom. The van der Waals surface area contributed by atoms with E-state index in [9.17, 15) is 0 Å². The predicted molar refractivity (Wildman–Crippen MR) is 73.4 cm³/mol. The molecule has 3 heteroatoms. The lowest BCUT2D eigenvalue weighted by Gasteiger charge is -2.18. The Labute approximate surface area is 109 Å². The summed E-state index contributed by atoms with van der Waals surface area (Å²) in [6.07, 6.45) is 3.80. The summed E-state index contributed by atoms with van der Waals surface area (Å²) in [6.45, 7) is 3.21. The predicted octanol–water partition coefficient (Wildman–Crippen LogP) is 2.63. The Morgan fingerprint density at radius 1 is 1.22 bits per heavy atom. The van der Waals surface area contributed by atoms with E-state index in [1.807, 2.05) is 6.07 Å². The monoisotopic (exact) mass is 249 g/mol. The van der Waals surface area contributed by atoms with Crippen LogP contribution in [0.5, 0.6) is 11.5 Å². The van der Waals surface area contributed by atoms with Crippen molar-refractivity contribution in [1.29, 1.82) is 0 Å². The van der Waals surface area contributed by atoms with Gasteiger partial charge in [-0.1, -0.05) is 13.0 Å². The van der Waals surface area contributed by atoms with Crippen LogP contribution in [0, 0.1) is 5.92 Å². The molecule has 18 heavy (non-hydrogen) atoms. The second-order valence-electron chi connectivity index (χ2n) is 4.90. The van der Waals surface area contributed by atoms with Crippen LogP contribution in [0.25, 0.3) is 0 Å². The summed E-state index contributed by atoms with van der Waals surface area (Å²) in [5, 5.41) is 3.59. The zero-order chi connectivity index (χ0) is 13.0. The summed E-state index contributed by atoms with van der Waals surface area (Å²) in [5.74, 6) is 2.48. The number of hydrogen-bond donors (Lipinski definition) is 1. The quantitative estimate of drug-likeness (QED) is 0.806. The molecule has 1 atom stereocenters. The van der Waals surface area contributed by atoms with Gasteiger partial charge in [-0.3, -0.25) is 0 Å². The number of nitrogens with one attached hydrogen (secondary N) is 1. The fourth-order valence-electron chi connectivity index (χ4n) is 2.43. The third-order valence-corrected chi connectivity index (χ3v) is 3.56. The first-order valence-corrected chi connectivity index (χ1v) is 6.72. The summed E-state index contributed by atoms with van der Waals surface area (Å²) in [7, 11) is 3.35. The Morgan fingerprint density at radius 3 is 2.50 bits per heavy atom. The first-order chi connectivity index (χ1) is 8.78. The van der Waals surface area contributed by atoms with E-state index in [1.165, 1.54) is 18.4 Å². The molecule has 0 bridgehead atoms. The molecule has 1 aromatic rings. The van der Waals surface area contributed by atoms with Crippen LogP contribution in [-0.4, -0.2) is 26.8 Å². The van der Waals surface area contributed by atoms with E-state index < -0.39 is 0 Å². The van der Waals surface area contributed by atoms with Crippen LogP contribution in [0.3, 0.4) is 0 Å². The molecule has 100 valence electrons. The number of benzene rings is 1. The first kappa shape index (κ1) is 13.2. The average molecular weight is 249 g/mol. The number of rotatable bonds is 7. The van der Waals surface area contributed by atoms with Crippen LogP contribution in [0.4, 0.5) is 0 Å².